The highest BCUT2D eigenvalue weighted by Gasteiger charge is 2.26. The van der Waals surface area contributed by atoms with Crippen molar-refractivity contribution in [3.05, 3.63) is 0 Å². The maximum atomic E-state index is 9.34. The number of rotatable bonds is 9. The lowest BCUT2D eigenvalue weighted by Gasteiger charge is -2.38. The van der Waals surface area contributed by atoms with Crippen molar-refractivity contribution in [3.63, 3.8) is 0 Å². The molecule has 1 rings (SSSR count). The third kappa shape index (κ3) is 6.34. The quantitative estimate of drug-likeness (QED) is 0.664. The molecule has 0 saturated carbocycles. The summed E-state index contributed by atoms with van der Waals surface area (Å²) >= 11 is 0. The van der Waals surface area contributed by atoms with Crippen molar-refractivity contribution < 1.29 is 4.74 Å². The number of nitrogens with zero attached hydrogens (tertiary/aromatic N) is 2. The molecule has 122 valence electrons. The van der Waals surface area contributed by atoms with Gasteiger partial charge in [0, 0.05) is 12.6 Å². The van der Waals surface area contributed by atoms with E-state index in [1.807, 2.05) is 6.92 Å². The fraction of sp³-hybridized carbons (Fsp3) is 0.941. The molecule has 0 aromatic heterocycles. The van der Waals surface area contributed by atoms with E-state index in [-0.39, 0.29) is 5.54 Å². The van der Waals surface area contributed by atoms with Crippen LogP contribution < -0.4 is 5.32 Å². The lowest BCUT2D eigenvalue weighted by Crippen LogP contribution is -2.48. The average molecular weight is 295 g/mol. The number of nitrogens with one attached hydrogen (secondary N) is 1. The van der Waals surface area contributed by atoms with Crippen molar-refractivity contribution in [1.29, 1.82) is 5.26 Å². The number of unbranched alkanes of at least 4 members (excludes halogenated alkanes) is 1. The van der Waals surface area contributed by atoms with Gasteiger partial charge in [-0.25, -0.2) is 0 Å². The van der Waals surface area contributed by atoms with Gasteiger partial charge in [0.1, 0.15) is 5.54 Å². The molecule has 1 heterocycles. The zero-order valence-electron chi connectivity index (χ0n) is 14.3. The van der Waals surface area contributed by atoms with E-state index < -0.39 is 0 Å². The summed E-state index contributed by atoms with van der Waals surface area (Å²) in [6.07, 6.45) is 5.77. The Morgan fingerprint density at radius 2 is 2.14 bits per heavy atom. The second-order valence-electron chi connectivity index (χ2n) is 6.53. The molecule has 1 N–H and O–H groups in total. The summed E-state index contributed by atoms with van der Waals surface area (Å²) in [5.41, 5.74) is -0.363. The number of hydrogen-bond acceptors (Lipinski definition) is 4. The molecule has 4 nitrogen and oxygen atoms in total. The van der Waals surface area contributed by atoms with Gasteiger partial charge in [-0.2, -0.15) is 5.26 Å². The van der Waals surface area contributed by atoms with Crippen molar-refractivity contribution in [1.82, 2.24) is 10.2 Å². The first-order chi connectivity index (χ1) is 10.0. The third-order valence-electron chi connectivity index (χ3n) is 4.44. The second kappa shape index (κ2) is 9.40. The van der Waals surface area contributed by atoms with Crippen molar-refractivity contribution in [2.24, 2.45) is 0 Å². The minimum absolute atomic E-state index is 0.350. The summed E-state index contributed by atoms with van der Waals surface area (Å²) in [5.74, 6) is 0. The highest BCUT2D eigenvalue weighted by molar-refractivity contribution is 5.03. The lowest BCUT2D eigenvalue weighted by atomic mass is 9.96. The average Bonchev–Trinajstić information content (AvgIpc) is 2.50. The molecule has 0 aliphatic carbocycles. The molecule has 21 heavy (non-hydrogen) atoms. The van der Waals surface area contributed by atoms with Crippen LogP contribution in [0.2, 0.25) is 0 Å². The molecule has 0 radical (unpaired) electrons. The van der Waals surface area contributed by atoms with Crippen LogP contribution in [0.5, 0.6) is 0 Å². The number of hydrogen-bond donors (Lipinski definition) is 1. The van der Waals surface area contributed by atoms with Gasteiger partial charge in [0.25, 0.3) is 0 Å². The molecule has 1 aliphatic heterocycles. The summed E-state index contributed by atoms with van der Waals surface area (Å²) in [6, 6.07) is 3.01. The Labute approximate surface area is 130 Å². The topological polar surface area (TPSA) is 48.3 Å². The molecular weight excluding hydrogens is 262 g/mol. The van der Waals surface area contributed by atoms with Crippen LogP contribution in [0.3, 0.4) is 0 Å². The Hall–Kier alpha value is -0.630. The van der Waals surface area contributed by atoms with Crippen LogP contribution in [0.1, 0.15) is 59.8 Å². The van der Waals surface area contributed by atoms with Crippen LogP contribution in [0.25, 0.3) is 0 Å². The molecule has 3 atom stereocenters. The van der Waals surface area contributed by atoms with Gasteiger partial charge in [-0.3, -0.25) is 10.2 Å². The van der Waals surface area contributed by atoms with Crippen LogP contribution in [0.15, 0.2) is 0 Å². The molecule has 1 aliphatic rings. The van der Waals surface area contributed by atoms with Crippen LogP contribution in [0, 0.1) is 11.3 Å². The van der Waals surface area contributed by atoms with Gasteiger partial charge in [-0.05, 0) is 59.0 Å². The van der Waals surface area contributed by atoms with Gasteiger partial charge >= 0.3 is 0 Å². The van der Waals surface area contributed by atoms with Crippen LogP contribution in [-0.2, 0) is 4.74 Å². The van der Waals surface area contributed by atoms with E-state index in [1.165, 1.54) is 0 Å². The minimum Gasteiger partial charge on any atom is -0.376 e. The third-order valence-corrected chi connectivity index (χ3v) is 4.44. The standard InChI is InChI=1S/C17H33N3O/c1-5-10-19-17(4,14-18)9-7-8-11-20-12-15(3)21-13-16(20)6-2/h15-16,19H,5-13H2,1-4H3. The molecular formula is C17H33N3O. The van der Waals surface area contributed by atoms with E-state index in [4.69, 9.17) is 4.74 Å². The van der Waals surface area contributed by atoms with Gasteiger partial charge < -0.3 is 4.74 Å². The fourth-order valence-corrected chi connectivity index (χ4v) is 2.94. The van der Waals surface area contributed by atoms with Crippen LogP contribution in [-0.4, -0.2) is 48.8 Å². The van der Waals surface area contributed by atoms with Crippen molar-refractivity contribution in [2.75, 3.05) is 26.2 Å². The molecule has 0 spiro atoms. The predicted octanol–water partition coefficient (Wildman–Crippen LogP) is 2.94. The van der Waals surface area contributed by atoms with Crippen molar-refractivity contribution >= 4 is 0 Å². The van der Waals surface area contributed by atoms with E-state index in [2.05, 4.69) is 37.1 Å². The van der Waals surface area contributed by atoms with Crippen molar-refractivity contribution in [3.8, 4) is 6.07 Å². The molecule has 0 aromatic carbocycles. The molecule has 1 saturated heterocycles. The Morgan fingerprint density at radius 1 is 1.38 bits per heavy atom. The number of ether oxygens (including phenoxy) is 1. The normalized spacial score (nSPS) is 26.2. The first-order valence-electron chi connectivity index (χ1n) is 8.56. The van der Waals surface area contributed by atoms with Gasteiger partial charge in [0.2, 0.25) is 0 Å². The van der Waals surface area contributed by atoms with Gasteiger partial charge in [0.05, 0.1) is 18.8 Å². The SMILES string of the molecule is CCCNC(C)(C#N)CCCCN1CC(C)OCC1CC. The predicted molar refractivity (Wildman–Crippen MR) is 87.2 cm³/mol. The summed E-state index contributed by atoms with van der Waals surface area (Å²) in [6.45, 7) is 12.5. The van der Waals surface area contributed by atoms with Crippen molar-refractivity contribution in [2.45, 2.75) is 77.5 Å². The highest BCUT2D eigenvalue weighted by atomic mass is 16.5. The maximum absolute atomic E-state index is 9.34. The molecule has 0 aromatic rings. The molecule has 1 fully saturated rings. The fourth-order valence-electron chi connectivity index (χ4n) is 2.94. The lowest BCUT2D eigenvalue weighted by molar-refractivity contribution is -0.0561. The summed E-state index contributed by atoms with van der Waals surface area (Å²) in [7, 11) is 0. The van der Waals surface area contributed by atoms with Gasteiger partial charge in [-0.15, -0.1) is 0 Å². The Kier molecular flexibility index (Phi) is 8.24. The summed E-state index contributed by atoms with van der Waals surface area (Å²) in [5, 5.41) is 12.7. The summed E-state index contributed by atoms with van der Waals surface area (Å²) < 4.78 is 5.74. The van der Waals surface area contributed by atoms with Crippen LogP contribution >= 0.6 is 0 Å². The summed E-state index contributed by atoms with van der Waals surface area (Å²) in [4.78, 5) is 2.57. The molecule has 0 bridgehead atoms. The first-order valence-corrected chi connectivity index (χ1v) is 8.56. The van der Waals surface area contributed by atoms with Gasteiger partial charge in [0.15, 0.2) is 0 Å². The Morgan fingerprint density at radius 3 is 2.76 bits per heavy atom. The van der Waals surface area contributed by atoms with Crippen LogP contribution in [0.4, 0.5) is 0 Å². The molecule has 4 heteroatoms. The zero-order chi connectivity index (χ0) is 15.7. The monoisotopic (exact) mass is 295 g/mol. The van der Waals surface area contributed by atoms with E-state index in [1.54, 1.807) is 0 Å². The van der Waals surface area contributed by atoms with E-state index >= 15 is 0 Å². The van der Waals surface area contributed by atoms with E-state index in [0.29, 0.717) is 12.1 Å². The van der Waals surface area contributed by atoms with E-state index in [0.717, 1.165) is 58.3 Å². The van der Waals surface area contributed by atoms with E-state index in [9.17, 15) is 5.26 Å². The largest absolute Gasteiger partial charge is 0.376 e. The maximum Gasteiger partial charge on any atom is 0.103 e. The number of morpholine rings is 1. The smallest absolute Gasteiger partial charge is 0.103 e. The minimum atomic E-state index is -0.363. The molecule has 0 amide bonds. The second-order valence-corrected chi connectivity index (χ2v) is 6.53. The zero-order valence-corrected chi connectivity index (χ0v) is 14.3. The molecule has 3 unspecified atom stereocenters. The number of nitriles is 1. The Bertz CT molecular complexity index is 328. The first kappa shape index (κ1) is 18.4. The highest BCUT2D eigenvalue weighted by Crippen LogP contribution is 2.17. The Balaban J connectivity index is 2.30. The van der Waals surface area contributed by atoms with Gasteiger partial charge in [-0.1, -0.05) is 13.8 Å².